The molecule has 2 aromatic carbocycles. The lowest BCUT2D eigenvalue weighted by Crippen LogP contribution is -2.22. The molecule has 0 fully saturated rings. The van der Waals surface area contributed by atoms with Crippen molar-refractivity contribution < 1.29 is 23.1 Å². The summed E-state index contributed by atoms with van der Waals surface area (Å²) >= 11 is 7.41. The lowest BCUT2D eigenvalue weighted by atomic mass is 10.2. The summed E-state index contributed by atoms with van der Waals surface area (Å²) in [6, 6.07) is 11.2. The van der Waals surface area contributed by atoms with Gasteiger partial charge in [0.2, 0.25) is 0 Å². The van der Waals surface area contributed by atoms with Crippen LogP contribution in [0.15, 0.2) is 52.9 Å². The number of hydrogen-bond acceptors (Lipinski definition) is 6. The summed E-state index contributed by atoms with van der Waals surface area (Å²) in [7, 11) is -3.98. The highest BCUT2D eigenvalue weighted by molar-refractivity contribution is 7.90. The maximum absolute atomic E-state index is 13.5. The molecule has 150 valence electrons. The number of carboxylic acids is 1. The van der Waals surface area contributed by atoms with Gasteiger partial charge in [-0.15, -0.1) is 11.3 Å². The van der Waals surface area contributed by atoms with E-state index in [-0.39, 0.29) is 11.5 Å². The Hall–Kier alpha value is -2.46. The van der Waals surface area contributed by atoms with E-state index in [4.69, 9.17) is 21.4 Å². The molecule has 0 aliphatic rings. The van der Waals surface area contributed by atoms with Gasteiger partial charge in [0, 0.05) is 10.4 Å². The first kappa shape index (κ1) is 19.8. The molecule has 0 bridgehead atoms. The van der Waals surface area contributed by atoms with E-state index in [9.17, 15) is 13.2 Å². The molecular formula is C19H15ClN2O5S2. The highest BCUT2D eigenvalue weighted by Crippen LogP contribution is 2.30. The summed E-state index contributed by atoms with van der Waals surface area (Å²) in [6.07, 6.45) is -1.08. The molecule has 29 heavy (non-hydrogen) atoms. The Morgan fingerprint density at radius 3 is 2.83 bits per heavy atom. The van der Waals surface area contributed by atoms with Gasteiger partial charge in [0.25, 0.3) is 10.0 Å². The first-order chi connectivity index (χ1) is 13.8. The minimum atomic E-state index is -3.98. The molecular weight excluding hydrogens is 436 g/mol. The van der Waals surface area contributed by atoms with Gasteiger partial charge in [0.05, 0.1) is 38.4 Å². The van der Waals surface area contributed by atoms with E-state index in [1.807, 2.05) is 0 Å². The number of nitrogens with zero attached hydrogens (tertiary/aromatic N) is 2. The fraction of sp³-hybridized carbons (Fsp3) is 0.158. The predicted molar refractivity (Wildman–Crippen MR) is 111 cm³/mol. The van der Waals surface area contributed by atoms with E-state index in [2.05, 4.69) is 4.98 Å². The van der Waals surface area contributed by atoms with Crippen LogP contribution in [-0.2, 0) is 26.2 Å². The summed E-state index contributed by atoms with van der Waals surface area (Å²) in [4.78, 5) is 15.3. The molecule has 0 saturated heterocycles. The molecule has 0 spiro atoms. The molecule has 0 aliphatic heterocycles. The molecule has 0 unspecified atom stereocenters. The van der Waals surface area contributed by atoms with Gasteiger partial charge in [-0.3, -0.25) is 0 Å². The summed E-state index contributed by atoms with van der Waals surface area (Å²) in [6.45, 7) is 1.19. The van der Waals surface area contributed by atoms with E-state index < -0.39 is 22.1 Å². The van der Waals surface area contributed by atoms with Crippen molar-refractivity contribution in [3.8, 4) is 0 Å². The van der Waals surface area contributed by atoms with E-state index in [1.54, 1.807) is 41.9 Å². The third kappa shape index (κ3) is 3.62. The van der Waals surface area contributed by atoms with Gasteiger partial charge in [-0.2, -0.15) is 0 Å². The minimum absolute atomic E-state index is 0.106. The second-order valence-electron chi connectivity index (χ2n) is 6.38. The minimum Gasteiger partial charge on any atom is -0.479 e. The fourth-order valence-corrected chi connectivity index (χ4v) is 5.51. The van der Waals surface area contributed by atoms with Crippen molar-refractivity contribution in [2.24, 2.45) is 0 Å². The number of aliphatic carboxylic acids is 1. The molecule has 0 amide bonds. The van der Waals surface area contributed by atoms with Crippen LogP contribution in [0.3, 0.4) is 0 Å². The second kappa shape index (κ2) is 7.42. The third-order valence-corrected chi connectivity index (χ3v) is 7.25. The quantitative estimate of drug-likeness (QED) is 0.474. The molecule has 2 aromatic heterocycles. The Labute approximate surface area is 175 Å². The van der Waals surface area contributed by atoms with Crippen LogP contribution in [0.1, 0.15) is 12.6 Å². The van der Waals surface area contributed by atoms with Crippen molar-refractivity contribution in [2.75, 3.05) is 0 Å². The van der Waals surface area contributed by atoms with E-state index in [0.29, 0.717) is 21.6 Å². The molecule has 10 heteroatoms. The molecule has 0 aliphatic carbocycles. The fourth-order valence-electron chi connectivity index (χ4n) is 2.99. The molecule has 0 saturated carbocycles. The molecule has 1 N–H and O–H groups in total. The smallest absolute Gasteiger partial charge is 0.332 e. The van der Waals surface area contributed by atoms with Gasteiger partial charge in [0.15, 0.2) is 6.10 Å². The molecule has 4 rings (SSSR count). The van der Waals surface area contributed by atoms with E-state index >= 15 is 0 Å². The number of halogens is 1. The number of aromatic nitrogens is 2. The van der Waals surface area contributed by atoms with E-state index in [0.717, 1.165) is 10.2 Å². The van der Waals surface area contributed by atoms with Crippen LogP contribution < -0.4 is 0 Å². The Bertz CT molecular complexity index is 1340. The molecule has 2 heterocycles. The average Bonchev–Trinajstić information content (AvgIpc) is 3.29. The van der Waals surface area contributed by atoms with Gasteiger partial charge >= 0.3 is 5.97 Å². The predicted octanol–water partition coefficient (Wildman–Crippen LogP) is 4.13. The lowest BCUT2D eigenvalue weighted by molar-refractivity contribution is -0.149. The Morgan fingerprint density at radius 2 is 2.07 bits per heavy atom. The topological polar surface area (TPSA) is 98.5 Å². The Balaban J connectivity index is 1.87. The van der Waals surface area contributed by atoms with Gasteiger partial charge in [0.1, 0.15) is 0 Å². The van der Waals surface area contributed by atoms with Crippen molar-refractivity contribution >= 4 is 60.0 Å². The van der Waals surface area contributed by atoms with Crippen molar-refractivity contribution in [2.45, 2.75) is 24.5 Å². The normalized spacial score (nSPS) is 13.2. The van der Waals surface area contributed by atoms with Gasteiger partial charge in [-0.1, -0.05) is 11.6 Å². The third-order valence-electron chi connectivity index (χ3n) is 4.46. The summed E-state index contributed by atoms with van der Waals surface area (Å²) in [5.74, 6) is -1.13. The zero-order chi connectivity index (χ0) is 20.8. The highest BCUT2D eigenvalue weighted by atomic mass is 35.5. The van der Waals surface area contributed by atoms with Crippen LogP contribution >= 0.6 is 22.9 Å². The van der Waals surface area contributed by atoms with Gasteiger partial charge in [-0.05, 0) is 49.4 Å². The standard InChI is InChI=1S/C19H15ClN2O5S2/c1-11(19(23)24)27-9-14-7-12-6-13(20)2-5-17(12)22(14)29(25,26)15-3-4-16-18(8-15)28-10-21-16/h2-8,10-11H,9H2,1H3,(H,23,24)/t11-/m1/s1. The number of fused-ring (bicyclic) bond motifs is 2. The van der Waals surface area contributed by atoms with E-state index in [1.165, 1.54) is 28.3 Å². The number of carboxylic acid groups (broad SMARTS) is 1. The van der Waals surface area contributed by atoms with Gasteiger partial charge < -0.3 is 9.84 Å². The molecule has 7 nitrogen and oxygen atoms in total. The van der Waals surface area contributed by atoms with Crippen LogP contribution in [0.4, 0.5) is 0 Å². The van der Waals surface area contributed by atoms with Crippen LogP contribution in [0.5, 0.6) is 0 Å². The van der Waals surface area contributed by atoms with Crippen molar-refractivity contribution in [1.82, 2.24) is 8.96 Å². The first-order valence-electron chi connectivity index (χ1n) is 8.50. The average molecular weight is 451 g/mol. The molecule has 1 atom stereocenters. The monoisotopic (exact) mass is 450 g/mol. The molecule has 4 aromatic rings. The number of thiazole rings is 1. The van der Waals surface area contributed by atoms with Crippen molar-refractivity contribution in [3.05, 3.63) is 58.7 Å². The highest BCUT2D eigenvalue weighted by Gasteiger charge is 2.25. The zero-order valence-electron chi connectivity index (χ0n) is 15.1. The lowest BCUT2D eigenvalue weighted by Gasteiger charge is -2.14. The zero-order valence-corrected chi connectivity index (χ0v) is 17.5. The Morgan fingerprint density at radius 1 is 1.28 bits per heavy atom. The number of rotatable bonds is 6. The summed E-state index contributed by atoms with van der Waals surface area (Å²) in [5, 5.41) is 10.1. The maximum Gasteiger partial charge on any atom is 0.332 e. The Kier molecular flexibility index (Phi) is 5.07. The summed E-state index contributed by atoms with van der Waals surface area (Å²) in [5.41, 5.74) is 3.11. The number of benzene rings is 2. The second-order valence-corrected chi connectivity index (χ2v) is 9.49. The first-order valence-corrected chi connectivity index (χ1v) is 11.2. The number of ether oxygens (including phenoxy) is 1. The number of hydrogen-bond donors (Lipinski definition) is 1. The molecule has 0 radical (unpaired) electrons. The van der Waals surface area contributed by atoms with Crippen LogP contribution in [0.2, 0.25) is 5.02 Å². The summed E-state index contributed by atoms with van der Waals surface area (Å²) < 4.78 is 34.3. The number of carbonyl (C=O) groups is 1. The van der Waals surface area contributed by atoms with Gasteiger partial charge in [-0.25, -0.2) is 22.2 Å². The largest absolute Gasteiger partial charge is 0.479 e. The van der Waals surface area contributed by atoms with Crippen LogP contribution in [0, 0.1) is 0 Å². The SMILES string of the molecule is C[C@@H](OCc1cc2cc(Cl)ccc2n1S(=O)(=O)c1ccc2ncsc2c1)C(=O)O. The van der Waals surface area contributed by atoms with Crippen molar-refractivity contribution in [3.63, 3.8) is 0 Å². The maximum atomic E-state index is 13.5. The van der Waals surface area contributed by atoms with Crippen LogP contribution in [-0.4, -0.2) is 34.6 Å². The van der Waals surface area contributed by atoms with Crippen LogP contribution in [0.25, 0.3) is 21.1 Å². The van der Waals surface area contributed by atoms with Crippen molar-refractivity contribution in [1.29, 1.82) is 0 Å².